The standard InChI is InChI=1S/C15H26N2O2/c1-13(15(18)17-9-11-19-12-10-17)16-8-7-14-5-3-2-4-6-14/h5,13,16H,2-4,6-12H2,1H3. The topological polar surface area (TPSA) is 41.6 Å². The Morgan fingerprint density at radius 3 is 2.89 bits per heavy atom. The van der Waals surface area contributed by atoms with Crippen LogP contribution in [0.5, 0.6) is 0 Å². The van der Waals surface area contributed by atoms with Gasteiger partial charge in [0.15, 0.2) is 0 Å². The average Bonchev–Trinajstić information content (AvgIpc) is 2.48. The van der Waals surface area contributed by atoms with Crippen LogP contribution in [0.3, 0.4) is 0 Å². The minimum atomic E-state index is -0.0812. The van der Waals surface area contributed by atoms with Gasteiger partial charge in [-0.1, -0.05) is 11.6 Å². The Morgan fingerprint density at radius 1 is 1.42 bits per heavy atom. The van der Waals surface area contributed by atoms with Gasteiger partial charge < -0.3 is 15.0 Å². The fourth-order valence-corrected chi connectivity index (χ4v) is 2.73. The molecule has 0 aromatic rings. The smallest absolute Gasteiger partial charge is 0.239 e. The second-order valence-electron chi connectivity index (χ2n) is 5.47. The van der Waals surface area contributed by atoms with Crippen LogP contribution >= 0.6 is 0 Å². The molecule has 108 valence electrons. The number of hydrogen-bond donors (Lipinski definition) is 1. The third kappa shape index (κ3) is 4.62. The molecule has 0 bridgehead atoms. The third-order valence-electron chi connectivity index (χ3n) is 3.97. The highest BCUT2D eigenvalue weighted by atomic mass is 16.5. The molecule has 1 N–H and O–H groups in total. The van der Waals surface area contributed by atoms with Crippen molar-refractivity contribution >= 4 is 5.91 Å². The van der Waals surface area contributed by atoms with Crippen molar-refractivity contribution in [2.24, 2.45) is 0 Å². The Hall–Kier alpha value is -0.870. The van der Waals surface area contributed by atoms with Gasteiger partial charge in [-0.25, -0.2) is 0 Å². The SMILES string of the molecule is CC(NCCC1=CCCCC1)C(=O)N1CCOCC1. The molecule has 0 spiro atoms. The Kier molecular flexibility index (Phi) is 5.86. The van der Waals surface area contributed by atoms with E-state index in [0.717, 1.165) is 26.1 Å². The molecule has 2 aliphatic rings. The first-order chi connectivity index (χ1) is 9.27. The van der Waals surface area contributed by atoms with Gasteiger partial charge in [-0.2, -0.15) is 0 Å². The van der Waals surface area contributed by atoms with E-state index < -0.39 is 0 Å². The summed E-state index contributed by atoms with van der Waals surface area (Å²) in [4.78, 5) is 14.1. The van der Waals surface area contributed by atoms with Gasteiger partial charge in [-0.3, -0.25) is 4.79 Å². The summed E-state index contributed by atoms with van der Waals surface area (Å²) < 4.78 is 5.27. The van der Waals surface area contributed by atoms with Crippen LogP contribution in [-0.4, -0.2) is 49.7 Å². The molecule has 1 atom stereocenters. The summed E-state index contributed by atoms with van der Waals surface area (Å²) in [5.41, 5.74) is 1.56. The van der Waals surface area contributed by atoms with E-state index in [9.17, 15) is 4.79 Å². The van der Waals surface area contributed by atoms with Crippen LogP contribution in [0, 0.1) is 0 Å². The monoisotopic (exact) mass is 266 g/mol. The number of nitrogens with one attached hydrogen (secondary N) is 1. The van der Waals surface area contributed by atoms with Crippen LogP contribution in [0.4, 0.5) is 0 Å². The van der Waals surface area contributed by atoms with Gasteiger partial charge in [0, 0.05) is 13.1 Å². The van der Waals surface area contributed by atoms with Gasteiger partial charge in [-0.05, 0) is 45.6 Å². The Balaban J connectivity index is 1.66. The number of morpholine rings is 1. The number of hydrogen-bond acceptors (Lipinski definition) is 3. The van der Waals surface area contributed by atoms with Crippen LogP contribution in [0.2, 0.25) is 0 Å². The highest BCUT2D eigenvalue weighted by Crippen LogP contribution is 2.19. The van der Waals surface area contributed by atoms with Crippen molar-refractivity contribution in [1.82, 2.24) is 10.2 Å². The lowest BCUT2D eigenvalue weighted by Gasteiger charge is -2.29. The summed E-state index contributed by atoms with van der Waals surface area (Å²) >= 11 is 0. The van der Waals surface area contributed by atoms with E-state index in [-0.39, 0.29) is 11.9 Å². The van der Waals surface area contributed by atoms with E-state index in [0.29, 0.717) is 13.2 Å². The molecule has 4 nitrogen and oxygen atoms in total. The molecule has 0 radical (unpaired) electrons. The fraction of sp³-hybridized carbons (Fsp3) is 0.800. The first-order valence-electron chi connectivity index (χ1n) is 7.55. The van der Waals surface area contributed by atoms with Gasteiger partial charge in [0.25, 0.3) is 0 Å². The molecule has 0 aromatic carbocycles. The van der Waals surface area contributed by atoms with E-state index in [1.165, 1.54) is 25.7 Å². The molecular formula is C15H26N2O2. The molecule has 1 amide bonds. The summed E-state index contributed by atoms with van der Waals surface area (Å²) in [5.74, 6) is 0.209. The lowest BCUT2D eigenvalue weighted by molar-refractivity contribution is -0.137. The maximum atomic E-state index is 12.2. The van der Waals surface area contributed by atoms with E-state index in [1.54, 1.807) is 5.57 Å². The molecular weight excluding hydrogens is 240 g/mol. The van der Waals surface area contributed by atoms with Crippen LogP contribution in [0.15, 0.2) is 11.6 Å². The normalized spacial score (nSPS) is 21.9. The zero-order valence-electron chi connectivity index (χ0n) is 12.0. The Labute approximate surface area is 116 Å². The van der Waals surface area contributed by atoms with Crippen molar-refractivity contribution in [3.63, 3.8) is 0 Å². The van der Waals surface area contributed by atoms with Crippen LogP contribution in [0.25, 0.3) is 0 Å². The highest BCUT2D eigenvalue weighted by molar-refractivity contribution is 5.81. The number of allylic oxidation sites excluding steroid dienone is 1. The quantitative estimate of drug-likeness (QED) is 0.770. The fourth-order valence-electron chi connectivity index (χ4n) is 2.73. The molecule has 0 saturated carbocycles. The molecule has 1 fully saturated rings. The summed E-state index contributed by atoms with van der Waals surface area (Å²) in [5, 5.41) is 3.35. The molecule has 1 heterocycles. The van der Waals surface area contributed by atoms with E-state index in [1.807, 2.05) is 11.8 Å². The zero-order valence-corrected chi connectivity index (χ0v) is 12.0. The predicted molar refractivity (Wildman–Crippen MR) is 76.0 cm³/mol. The highest BCUT2D eigenvalue weighted by Gasteiger charge is 2.21. The zero-order chi connectivity index (χ0) is 13.5. The maximum Gasteiger partial charge on any atom is 0.239 e. The lowest BCUT2D eigenvalue weighted by atomic mass is 9.97. The molecule has 2 rings (SSSR count). The predicted octanol–water partition coefficient (Wildman–Crippen LogP) is 1.71. The summed E-state index contributed by atoms with van der Waals surface area (Å²) in [6.45, 7) is 5.68. The van der Waals surface area contributed by atoms with Crippen molar-refractivity contribution in [1.29, 1.82) is 0 Å². The second-order valence-corrected chi connectivity index (χ2v) is 5.47. The second kappa shape index (κ2) is 7.65. The van der Waals surface area contributed by atoms with Crippen molar-refractivity contribution in [2.45, 2.75) is 45.1 Å². The first kappa shape index (κ1) is 14.5. The minimum Gasteiger partial charge on any atom is -0.378 e. The molecule has 0 aromatic heterocycles. The summed E-state index contributed by atoms with van der Waals surface area (Å²) in [6, 6.07) is -0.0812. The first-order valence-corrected chi connectivity index (χ1v) is 7.55. The third-order valence-corrected chi connectivity index (χ3v) is 3.97. The number of rotatable bonds is 5. The van der Waals surface area contributed by atoms with Crippen LogP contribution in [0.1, 0.15) is 39.0 Å². The van der Waals surface area contributed by atoms with Crippen LogP contribution < -0.4 is 5.32 Å². The lowest BCUT2D eigenvalue weighted by Crippen LogP contribution is -2.49. The molecule has 19 heavy (non-hydrogen) atoms. The number of ether oxygens (including phenoxy) is 1. The molecule has 1 unspecified atom stereocenters. The van der Waals surface area contributed by atoms with E-state index >= 15 is 0 Å². The average molecular weight is 266 g/mol. The van der Waals surface area contributed by atoms with Gasteiger partial charge >= 0.3 is 0 Å². The number of amides is 1. The van der Waals surface area contributed by atoms with Gasteiger partial charge in [0.05, 0.1) is 19.3 Å². The summed E-state index contributed by atoms with van der Waals surface area (Å²) in [6.07, 6.45) is 8.60. The van der Waals surface area contributed by atoms with E-state index in [2.05, 4.69) is 11.4 Å². The maximum absolute atomic E-state index is 12.2. The molecule has 1 saturated heterocycles. The molecule has 1 aliphatic heterocycles. The van der Waals surface area contributed by atoms with Gasteiger partial charge in [0.2, 0.25) is 5.91 Å². The van der Waals surface area contributed by atoms with Crippen molar-refractivity contribution in [2.75, 3.05) is 32.8 Å². The molecule has 1 aliphatic carbocycles. The van der Waals surface area contributed by atoms with Gasteiger partial charge in [0.1, 0.15) is 0 Å². The van der Waals surface area contributed by atoms with Crippen molar-refractivity contribution in [3.05, 3.63) is 11.6 Å². The summed E-state index contributed by atoms with van der Waals surface area (Å²) in [7, 11) is 0. The number of carbonyl (C=O) groups excluding carboxylic acids is 1. The van der Waals surface area contributed by atoms with Crippen molar-refractivity contribution < 1.29 is 9.53 Å². The Bertz CT molecular complexity index is 322. The molecule has 4 heteroatoms. The van der Waals surface area contributed by atoms with Gasteiger partial charge in [-0.15, -0.1) is 0 Å². The number of carbonyl (C=O) groups is 1. The van der Waals surface area contributed by atoms with Crippen LogP contribution in [-0.2, 0) is 9.53 Å². The minimum absolute atomic E-state index is 0.0812. The number of nitrogens with zero attached hydrogens (tertiary/aromatic N) is 1. The van der Waals surface area contributed by atoms with Crippen molar-refractivity contribution in [3.8, 4) is 0 Å². The Morgan fingerprint density at radius 2 is 2.21 bits per heavy atom. The van der Waals surface area contributed by atoms with E-state index in [4.69, 9.17) is 4.74 Å². The largest absolute Gasteiger partial charge is 0.378 e.